The first kappa shape index (κ1) is 17.5. The Hall–Kier alpha value is -3.36. The molecule has 0 amide bonds. The van der Waals surface area contributed by atoms with Gasteiger partial charge in [0.05, 0.1) is 10.4 Å². The van der Waals surface area contributed by atoms with Crippen LogP contribution in [0.2, 0.25) is 0 Å². The van der Waals surface area contributed by atoms with E-state index in [0.717, 1.165) is 18.5 Å². The van der Waals surface area contributed by atoms with Crippen molar-refractivity contribution >= 4 is 49.6 Å². The highest BCUT2D eigenvalue weighted by molar-refractivity contribution is 7.20. The van der Waals surface area contributed by atoms with Gasteiger partial charge in [-0.2, -0.15) is 0 Å². The lowest BCUT2D eigenvalue weighted by Gasteiger charge is -2.10. The molecule has 0 bridgehead atoms. The highest BCUT2D eigenvalue weighted by atomic mass is 32.1. The number of fused-ring (bicyclic) bond motifs is 4. The molecule has 144 valence electrons. The summed E-state index contributed by atoms with van der Waals surface area (Å²) in [5, 5.41) is 7.59. The van der Waals surface area contributed by atoms with Crippen LogP contribution in [-0.2, 0) is 6.42 Å². The Morgan fingerprint density at radius 3 is 2.47 bits per heavy atom. The van der Waals surface area contributed by atoms with E-state index in [0.29, 0.717) is 0 Å². The van der Waals surface area contributed by atoms with Crippen molar-refractivity contribution < 1.29 is 0 Å². The number of thiophene rings is 1. The highest BCUT2D eigenvalue weighted by Crippen LogP contribution is 2.40. The summed E-state index contributed by atoms with van der Waals surface area (Å²) in [6, 6.07) is 30.5. The van der Waals surface area contributed by atoms with Crippen molar-refractivity contribution in [3.8, 4) is 11.1 Å². The largest absolute Gasteiger partial charge is 0.354 e. The van der Waals surface area contributed by atoms with Crippen molar-refractivity contribution in [3.05, 3.63) is 101 Å². The van der Waals surface area contributed by atoms with Crippen LogP contribution in [-0.4, -0.2) is 0 Å². The molecular formula is C28H21NS. The quantitative estimate of drug-likeness (QED) is 0.319. The minimum Gasteiger partial charge on any atom is -0.354 e. The molecule has 2 heteroatoms. The van der Waals surface area contributed by atoms with Gasteiger partial charge in [-0.15, -0.1) is 11.3 Å². The minimum atomic E-state index is 1.12. The van der Waals surface area contributed by atoms with Crippen LogP contribution in [0.15, 0.2) is 91.0 Å². The van der Waals surface area contributed by atoms with Gasteiger partial charge in [-0.25, -0.2) is 0 Å². The summed E-state index contributed by atoms with van der Waals surface area (Å²) in [4.78, 5) is 1.51. The van der Waals surface area contributed by atoms with Crippen LogP contribution in [0.4, 0.5) is 11.4 Å². The molecule has 0 atom stereocenters. The van der Waals surface area contributed by atoms with Crippen molar-refractivity contribution in [3.63, 3.8) is 0 Å². The maximum atomic E-state index is 3.66. The van der Waals surface area contributed by atoms with Crippen LogP contribution in [0.25, 0.3) is 38.1 Å². The second-order valence-electron chi connectivity index (χ2n) is 7.79. The summed E-state index contributed by atoms with van der Waals surface area (Å²) < 4.78 is 1.35. The van der Waals surface area contributed by atoms with Gasteiger partial charge >= 0.3 is 0 Å². The Bertz CT molecular complexity index is 1400. The van der Waals surface area contributed by atoms with Gasteiger partial charge in [0, 0.05) is 16.0 Å². The average molecular weight is 404 g/mol. The summed E-state index contributed by atoms with van der Waals surface area (Å²) >= 11 is 1.93. The highest BCUT2D eigenvalue weighted by Gasteiger charge is 2.14. The number of anilines is 2. The molecule has 6 rings (SSSR count). The monoisotopic (exact) mass is 403 g/mol. The second kappa shape index (κ2) is 7.16. The SMILES string of the molecule is C1=Cc2c(sc3c(Nc4ccc(-c5cccc6ccccc56)cc4)cccc23)CC1. The Morgan fingerprint density at radius 2 is 1.53 bits per heavy atom. The van der Waals surface area contributed by atoms with Gasteiger partial charge in [-0.3, -0.25) is 0 Å². The summed E-state index contributed by atoms with van der Waals surface area (Å²) in [7, 11) is 0. The number of allylic oxidation sites excluding steroid dienone is 1. The van der Waals surface area contributed by atoms with Crippen LogP contribution in [0.1, 0.15) is 16.9 Å². The van der Waals surface area contributed by atoms with E-state index < -0.39 is 0 Å². The Balaban J connectivity index is 1.35. The van der Waals surface area contributed by atoms with Gasteiger partial charge in [0.15, 0.2) is 0 Å². The molecule has 1 aromatic heterocycles. The van der Waals surface area contributed by atoms with Crippen molar-refractivity contribution in [1.82, 2.24) is 0 Å². The third kappa shape index (κ3) is 2.92. The van der Waals surface area contributed by atoms with E-state index >= 15 is 0 Å². The molecule has 0 fully saturated rings. The predicted octanol–water partition coefficient (Wildman–Crippen LogP) is 8.42. The fourth-order valence-corrected chi connectivity index (χ4v) is 5.71. The molecule has 4 aromatic carbocycles. The molecule has 1 nitrogen and oxygen atoms in total. The van der Waals surface area contributed by atoms with Crippen molar-refractivity contribution in [1.29, 1.82) is 0 Å². The lowest BCUT2D eigenvalue weighted by molar-refractivity contribution is 1.02. The summed E-state index contributed by atoms with van der Waals surface area (Å²) in [5.41, 5.74) is 6.24. The third-order valence-electron chi connectivity index (χ3n) is 5.92. The standard InChI is InChI=1S/C28H21NS/c1-2-9-22-19(7-1)8-5-11-23(22)20-15-17-21(18-16-20)29-26-13-6-12-25-24-10-3-4-14-27(24)30-28(25)26/h1-3,5-13,15-18,29H,4,14H2. The van der Waals surface area contributed by atoms with Gasteiger partial charge in [-0.05, 0) is 58.5 Å². The fourth-order valence-electron chi connectivity index (χ4n) is 4.44. The zero-order valence-electron chi connectivity index (χ0n) is 16.6. The molecule has 0 unspecified atom stereocenters. The first-order valence-electron chi connectivity index (χ1n) is 10.4. The van der Waals surface area contributed by atoms with Gasteiger partial charge < -0.3 is 5.32 Å². The van der Waals surface area contributed by atoms with Crippen molar-refractivity contribution in [2.45, 2.75) is 12.8 Å². The summed E-state index contributed by atoms with van der Waals surface area (Å²) in [5.74, 6) is 0. The van der Waals surface area contributed by atoms with E-state index in [1.54, 1.807) is 0 Å². The molecule has 0 aliphatic heterocycles. The Labute approximate surface area is 180 Å². The lowest BCUT2D eigenvalue weighted by Crippen LogP contribution is -1.90. The van der Waals surface area contributed by atoms with Crippen LogP contribution in [0, 0.1) is 0 Å². The van der Waals surface area contributed by atoms with Crippen LogP contribution < -0.4 is 5.32 Å². The third-order valence-corrected chi connectivity index (χ3v) is 7.23. The first-order chi connectivity index (χ1) is 14.9. The van der Waals surface area contributed by atoms with Crippen LogP contribution in [0.3, 0.4) is 0 Å². The average Bonchev–Trinajstić information content (AvgIpc) is 3.19. The van der Waals surface area contributed by atoms with Gasteiger partial charge in [0.1, 0.15) is 0 Å². The first-order valence-corrected chi connectivity index (χ1v) is 11.2. The van der Waals surface area contributed by atoms with Crippen molar-refractivity contribution in [2.24, 2.45) is 0 Å². The molecule has 0 spiro atoms. The Kier molecular flexibility index (Phi) is 4.17. The zero-order valence-corrected chi connectivity index (χ0v) is 17.4. The number of aryl methyl sites for hydroxylation is 1. The van der Waals surface area contributed by atoms with Crippen LogP contribution in [0.5, 0.6) is 0 Å². The topological polar surface area (TPSA) is 12.0 Å². The molecular weight excluding hydrogens is 382 g/mol. The van der Waals surface area contributed by atoms with E-state index in [9.17, 15) is 0 Å². The van der Waals surface area contributed by atoms with E-state index in [1.807, 2.05) is 11.3 Å². The van der Waals surface area contributed by atoms with E-state index in [-0.39, 0.29) is 0 Å². The summed E-state index contributed by atoms with van der Waals surface area (Å²) in [6.45, 7) is 0. The maximum absolute atomic E-state index is 3.66. The van der Waals surface area contributed by atoms with E-state index in [4.69, 9.17) is 0 Å². The van der Waals surface area contributed by atoms with Gasteiger partial charge in [0.25, 0.3) is 0 Å². The van der Waals surface area contributed by atoms with Crippen molar-refractivity contribution in [2.75, 3.05) is 5.32 Å². The molecule has 1 heterocycles. The number of hydrogen-bond donors (Lipinski definition) is 1. The zero-order chi connectivity index (χ0) is 19.9. The molecule has 5 aromatic rings. The Morgan fingerprint density at radius 1 is 0.733 bits per heavy atom. The number of nitrogens with one attached hydrogen (secondary N) is 1. The molecule has 30 heavy (non-hydrogen) atoms. The lowest BCUT2D eigenvalue weighted by atomic mass is 9.98. The molecule has 0 radical (unpaired) electrons. The smallest absolute Gasteiger partial charge is 0.0586 e. The van der Waals surface area contributed by atoms with Crippen LogP contribution >= 0.6 is 11.3 Å². The molecule has 0 saturated carbocycles. The fraction of sp³-hybridized carbons (Fsp3) is 0.0714. The number of benzene rings is 4. The molecule has 0 saturated heterocycles. The minimum absolute atomic E-state index is 1.12. The normalized spacial score (nSPS) is 12.9. The maximum Gasteiger partial charge on any atom is 0.0586 e. The van der Waals surface area contributed by atoms with Gasteiger partial charge in [-0.1, -0.05) is 78.9 Å². The van der Waals surface area contributed by atoms with Gasteiger partial charge in [0.2, 0.25) is 0 Å². The summed E-state index contributed by atoms with van der Waals surface area (Å²) in [6.07, 6.45) is 6.89. The second-order valence-corrected chi connectivity index (χ2v) is 8.90. The number of hydrogen-bond acceptors (Lipinski definition) is 2. The number of rotatable bonds is 3. The molecule has 1 aliphatic carbocycles. The molecule has 1 aliphatic rings. The predicted molar refractivity (Wildman–Crippen MR) is 132 cm³/mol. The molecule has 1 N–H and O–H groups in total. The van der Waals surface area contributed by atoms with E-state index in [2.05, 4.69) is 102 Å². The van der Waals surface area contributed by atoms with E-state index in [1.165, 1.54) is 48.1 Å².